The molecular formula is C19H22N2O2. The van der Waals surface area contributed by atoms with E-state index in [1.165, 1.54) is 0 Å². The first kappa shape index (κ1) is 16.7. The highest BCUT2D eigenvalue weighted by Crippen LogP contribution is 2.18. The molecule has 0 fully saturated rings. The first-order valence-electron chi connectivity index (χ1n) is 7.69. The Balaban J connectivity index is 1.90. The van der Waals surface area contributed by atoms with E-state index in [1.54, 1.807) is 6.07 Å². The van der Waals surface area contributed by atoms with Gasteiger partial charge in [-0.1, -0.05) is 49.4 Å². The number of aryl methyl sites for hydroxylation is 1. The number of carbonyl (C=O) groups is 2. The number of hydrogen-bond donors (Lipinski definition) is 2. The molecule has 2 aromatic carbocycles. The lowest BCUT2D eigenvalue weighted by atomic mass is 10.0. The molecule has 0 bridgehead atoms. The molecular weight excluding hydrogens is 288 g/mol. The van der Waals surface area contributed by atoms with Crippen LogP contribution < -0.4 is 10.6 Å². The van der Waals surface area contributed by atoms with Crippen LogP contribution in [0.2, 0.25) is 0 Å². The minimum Gasteiger partial charge on any atom is -0.347 e. The van der Waals surface area contributed by atoms with Gasteiger partial charge in [0.05, 0.1) is 0 Å². The molecule has 120 valence electrons. The van der Waals surface area contributed by atoms with Crippen molar-refractivity contribution in [2.24, 2.45) is 0 Å². The van der Waals surface area contributed by atoms with Crippen LogP contribution in [0.5, 0.6) is 0 Å². The third-order valence-electron chi connectivity index (χ3n) is 4.00. The van der Waals surface area contributed by atoms with E-state index in [1.807, 2.05) is 63.2 Å². The summed E-state index contributed by atoms with van der Waals surface area (Å²) < 4.78 is 0. The van der Waals surface area contributed by atoms with Gasteiger partial charge >= 0.3 is 11.8 Å². The summed E-state index contributed by atoms with van der Waals surface area (Å²) in [6.45, 7) is 6.31. The second kappa shape index (κ2) is 7.58. The van der Waals surface area contributed by atoms with Gasteiger partial charge in [0, 0.05) is 12.2 Å². The highest BCUT2D eigenvalue weighted by molar-refractivity contribution is 6.39. The number of hydrogen-bond acceptors (Lipinski definition) is 2. The van der Waals surface area contributed by atoms with Crippen molar-refractivity contribution >= 4 is 17.5 Å². The molecule has 2 N–H and O–H groups in total. The third kappa shape index (κ3) is 4.42. The quantitative estimate of drug-likeness (QED) is 0.852. The van der Waals surface area contributed by atoms with E-state index >= 15 is 0 Å². The zero-order valence-electron chi connectivity index (χ0n) is 13.7. The van der Waals surface area contributed by atoms with E-state index in [-0.39, 0.29) is 5.92 Å². The Hall–Kier alpha value is -2.62. The molecule has 1 atom stereocenters. The molecule has 0 saturated carbocycles. The molecule has 0 radical (unpaired) electrons. The monoisotopic (exact) mass is 310 g/mol. The van der Waals surface area contributed by atoms with E-state index < -0.39 is 11.8 Å². The van der Waals surface area contributed by atoms with Crippen LogP contribution in [-0.2, 0) is 9.59 Å². The third-order valence-corrected chi connectivity index (χ3v) is 4.00. The van der Waals surface area contributed by atoms with Crippen molar-refractivity contribution in [3.63, 3.8) is 0 Å². The zero-order valence-corrected chi connectivity index (χ0v) is 13.7. The highest BCUT2D eigenvalue weighted by atomic mass is 16.2. The summed E-state index contributed by atoms with van der Waals surface area (Å²) in [4.78, 5) is 24.0. The number of carbonyl (C=O) groups excluding carboxylic acids is 2. The molecule has 0 saturated heterocycles. The van der Waals surface area contributed by atoms with Crippen LogP contribution >= 0.6 is 0 Å². The van der Waals surface area contributed by atoms with Gasteiger partial charge in [0.2, 0.25) is 0 Å². The fourth-order valence-corrected chi connectivity index (χ4v) is 2.29. The summed E-state index contributed by atoms with van der Waals surface area (Å²) in [6.07, 6.45) is 0. The maximum atomic E-state index is 12.0. The predicted molar refractivity (Wildman–Crippen MR) is 92.4 cm³/mol. The molecule has 4 nitrogen and oxygen atoms in total. The van der Waals surface area contributed by atoms with E-state index in [9.17, 15) is 9.59 Å². The Morgan fingerprint density at radius 1 is 0.957 bits per heavy atom. The molecule has 0 aliphatic carbocycles. The van der Waals surface area contributed by atoms with Crippen molar-refractivity contribution in [3.8, 4) is 0 Å². The zero-order chi connectivity index (χ0) is 16.8. The molecule has 2 rings (SSSR count). The molecule has 0 spiro atoms. The number of nitrogens with one attached hydrogen (secondary N) is 2. The van der Waals surface area contributed by atoms with E-state index in [4.69, 9.17) is 0 Å². The standard InChI is InChI=1S/C19H22N2O2/c1-13-8-7-11-17(15(13)3)21-19(23)18(22)20-12-14(2)16-9-5-4-6-10-16/h4-11,14H,12H2,1-3H3,(H,20,22)(H,21,23)/t14-/m0/s1. The Labute approximate surface area is 136 Å². The molecule has 2 amide bonds. The molecule has 0 aliphatic rings. The topological polar surface area (TPSA) is 58.2 Å². The van der Waals surface area contributed by atoms with Gasteiger partial charge in [0.1, 0.15) is 0 Å². The smallest absolute Gasteiger partial charge is 0.313 e. The number of rotatable bonds is 4. The second-order valence-corrected chi connectivity index (χ2v) is 5.72. The minimum absolute atomic E-state index is 0.147. The molecule has 4 heteroatoms. The van der Waals surface area contributed by atoms with Gasteiger partial charge in [0.25, 0.3) is 0 Å². The predicted octanol–water partition coefficient (Wildman–Crippen LogP) is 3.16. The van der Waals surface area contributed by atoms with Crippen molar-refractivity contribution in [3.05, 3.63) is 65.2 Å². The normalized spacial score (nSPS) is 11.6. The number of benzene rings is 2. The minimum atomic E-state index is -0.640. The van der Waals surface area contributed by atoms with Crippen LogP contribution in [0.15, 0.2) is 48.5 Å². The largest absolute Gasteiger partial charge is 0.347 e. The molecule has 23 heavy (non-hydrogen) atoms. The van der Waals surface area contributed by atoms with E-state index in [2.05, 4.69) is 10.6 Å². The fourth-order valence-electron chi connectivity index (χ4n) is 2.29. The maximum absolute atomic E-state index is 12.0. The van der Waals surface area contributed by atoms with Gasteiger partial charge in [-0.25, -0.2) is 0 Å². The van der Waals surface area contributed by atoms with E-state index in [0.29, 0.717) is 12.2 Å². The van der Waals surface area contributed by atoms with Gasteiger partial charge in [-0.3, -0.25) is 9.59 Å². The van der Waals surface area contributed by atoms with Gasteiger partial charge in [0.15, 0.2) is 0 Å². The Morgan fingerprint density at radius 2 is 1.65 bits per heavy atom. The van der Waals surface area contributed by atoms with Gasteiger partial charge in [-0.05, 0) is 42.5 Å². The Bertz CT molecular complexity index is 696. The van der Waals surface area contributed by atoms with Crippen LogP contribution in [0.25, 0.3) is 0 Å². The average Bonchev–Trinajstić information content (AvgIpc) is 2.57. The van der Waals surface area contributed by atoms with Gasteiger partial charge < -0.3 is 10.6 Å². The molecule has 0 unspecified atom stereocenters. The van der Waals surface area contributed by atoms with Crippen LogP contribution in [-0.4, -0.2) is 18.4 Å². The molecule has 0 aliphatic heterocycles. The maximum Gasteiger partial charge on any atom is 0.313 e. The Morgan fingerprint density at radius 3 is 2.35 bits per heavy atom. The van der Waals surface area contributed by atoms with Crippen molar-refractivity contribution in [1.82, 2.24) is 5.32 Å². The number of anilines is 1. The summed E-state index contributed by atoms with van der Waals surface area (Å²) in [5.74, 6) is -1.11. The van der Waals surface area contributed by atoms with Crippen molar-refractivity contribution < 1.29 is 9.59 Å². The summed E-state index contributed by atoms with van der Waals surface area (Å²) in [7, 11) is 0. The summed E-state index contributed by atoms with van der Waals surface area (Å²) in [5.41, 5.74) is 3.83. The SMILES string of the molecule is Cc1cccc(NC(=O)C(=O)NC[C@H](C)c2ccccc2)c1C. The summed E-state index contributed by atoms with van der Waals surface area (Å²) >= 11 is 0. The average molecular weight is 310 g/mol. The van der Waals surface area contributed by atoms with Gasteiger partial charge in [-0.2, -0.15) is 0 Å². The molecule has 2 aromatic rings. The lowest BCUT2D eigenvalue weighted by molar-refractivity contribution is -0.136. The van der Waals surface area contributed by atoms with Crippen LogP contribution in [0.3, 0.4) is 0 Å². The first-order chi connectivity index (χ1) is 11.0. The lowest BCUT2D eigenvalue weighted by Gasteiger charge is -2.14. The highest BCUT2D eigenvalue weighted by Gasteiger charge is 2.16. The summed E-state index contributed by atoms with van der Waals surface area (Å²) in [5, 5.41) is 5.35. The first-order valence-corrected chi connectivity index (χ1v) is 7.69. The van der Waals surface area contributed by atoms with E-state index in [0.717, 1.165) is 16.7 Å². The number of amides is 2. The van der Waals surface area contributed by atoms with Crippen molar-refractivity contribution in [2.45, 2.75) is 26.7 Å². The van der Waals surface area contributed by atoms with Gasteiger partial charge in [-0.15, -0.1) is 0 Å². The second-order valence-electron chi connectivity index (χ2n) is 5.72. The summed E-state index contributed by atoms with van der Waals surface area (Å²) in [6, 6.07) is 15.5. The van der Waals surface area contributed by atoms with Crippen molar-refractivity contribution in [1.29, 1.82) is 0 Å². The van der Waals surface area contributed by atoms with Crippen LogP contribution in [0.1, 0.15) is 29.5 Å². The fraction of sp³-hybridized carbons (Fsp3) is 0.263. The lowest BCUT2D eigenvalue weighted by Crippen LogP contribution is -2.37. The van der Waals surface area contributed by atoms with Crippen LogP contribution in [0, 0.1) is 13.8 Å². The molecule has 0 heterocycles. The van der Waals surface area contributed by atoms with Crippen molar-refractivity contribution in [2.75, 3.05) is 11.9 Å². The van der Waals surface area contributed by atoms with Crippen LogP contribution in [0.4, 0.5) is 5.69 Å². The molecule has 0 aromatic heterocycles. The Kier molecular flexibility index (Phi) is 5.52.